The molecule has 0 atom stereocenters. The molecule has 0 aliphatic carbocycles. The minimum absolute atomic E-state index is 0.143. The normalized spacial score (nSPS) is 21.9. The Bertz CT molecular complexity index is 2770. The van der Waals surface area contributed by atoms with Crippen LogP contribution in [0.4, 0.5) is 0 Å². The van der Waals surface area contributed by atoms with E-state index in [-0.39, 0.29) is 110 Å². The molecule has 0 saturated carbocycles. The third kappa shape index (κ3) is 19.5. The van der Waals surface area contributed by atoms with Crippen LogP contribution >= 0.6 is 0 Å². The number of aromatic hydroxyl groups is 2. The number of benzene rings is 2. The van der Waals surface area contributed by atoms with E-state index in [4.69, 9.17) is 18.9 Å². The zero-order valence-corrected chi connectivity index (χ0v) is 64.3. The maximum absolute atomic E-state index is 15.0. The number of unbranched alkanes of at least 4 members (excludes halogenated alkanes) is 5. The number of piperidine rings is 4. The van der Waals surface area contributed by atoms with Crippen molar-refractivity contribution in [2.45, 2.75) is 382 Å². The number of nitrogens with one attached hydrogen (secondary N) is 2. The van der Waals surface area contributed by atoms with E-state index in [1.807, 2.05) is 66.7 Å². The fraction of sp³-hybridized carbons (Fsp3) is 0.797. The number of hydrogen-bond acceptors (Lipinski definition) is 14. The second-order valence-corrected chi connectivity index (χ2v) is 36.8. The van der Waals surface area contributed by atoms with Crippen LogP contribution in [0.1, 0.15) is 308 Å². The topological polar surface area (TPSA) is 176 Å². The molecule has 0 aromatic heterocycles. The van der Waals surface area contributed by atoms with Gasteiger partial charge in [-0.2, -0.15) is 0 Å². The van der Waals surface area contributed by atoms with E-state index in [2.05, 4.69) is 173 Å². The Kier molecular flexibility index (Phi) is 24.5. The lowest BCUT2D eigenvalue weighted by molar-refractivity contribution is -0.188. The molecule has 0 spiro atoms. The number of nitrogens with zero attached hydrogens (tertiary/aromatic N) is 2. The number of likely N-dealkylation sites (tertiary alicyclic amines) is 2. The van der Waals surface area contributed by atoms with Gasteiger partial charge in [0.15, 0.2) is 10.8 Å². The highest BCUT2D eigenvalue weighted by molar-refractivity contribution is 6.01. The first-order valence-corrected chi connectivity index (χ1v) is 35.7. The second kappa shape index (κ2) is 28.7. The lowest BCUT2D eigenvalue weighted by Gasteiger charge is -2.53. The zero-order chi connectivity index (χ0) is 71.1. The summed E-state index contributed by atoms with van der Waals surface area (Å²) in [5.41, 5.74) is 0.370. The quantitative estimate of drug-likeness (QED) is 0.0426. The molecule has 0 radical (unpaired) electrons. The molecule has 4 heterocycles. The van der Waals surface area contributed by atoms with Gasteiger partial charge in [0.25, 0.3) is 0 Å². The van der Waals surface area contributed by atoms with Gasteiger partial charge in [0.05, 0.1) is 0 Å². The van der Waals surface area contributed by atoms with Gasteiger partial charge in [0, 0.05) is 95.7 Å². The van der Waals surface area contributed by atoms with E-state index in [1.165, 1.54) is 6.42 Å². The summed E-state index contributed by atoms with van der Waals surface area (Å²) < 4.78 is 25.8. The fourth-order valence-electron chi connectivity index (χ4n) is 16.7. The molecular weight excluding hydrogens is 1160 g/mol. The number of aryl methyl sites for hydroxylation is 1. The smallest absolute Gasteiger partial charge is 0.324 e. The summed E-state index contributed by atoms with van der Waals surface area (Å²) in [6.45, 7) is 56.8. The first kappa shape index (κ1) is 79.4. The molecule has 0 amide bonds. The Labute approximate surface area is 565 Å². The lowest BCUT2D eigenvalue weighted by atomic mass is 9.73. The van der Waals surface area contributed by atoms with Crippen molar-refractivity contribution in [1.29, 1.82) is 0 Å². The summed E-state index contributed by atoms with van der Waals surface area (Å²) in [7, 11) is 4.24. The molecule has 2 aromatic carbocycles. The van der Waals surface area contributed by atoms with E-state index in [1.54, 1.807) is 0 Å². The standard InChI is InChI=1S/C42H72N2O5.C37H62N2O5/c1-15-16-17-18-19-20-21-42(35(46)48-31-24-38(7,8)43-39(9,10)25-31,36(47)49-32-26-40(11,12)44-41(13,14)27-32)23-30-22-33(37(4,5)6)34(45)29(3)28(30)2;1-16-37(19-25-17-24(2)29(40)28(18-25)32(3,4)5,30(41)43-26-20-33(6,7)38(14)34(8,9)21-26)31(42)44-27-22-35(10,11)39(15)36(12,13)23-27/h22,31-32,43-45H,15-21,23-27H2,1-14H3;17-18,26-27,40H,16,19-23H2,1-15H3. The van der Waals surface area contributed by atoms with Gasteiger partial charge in [-0.05, 0) is 221 Å². The van der Waals surface area contributed by atoms with E-state index in [9.17, 15) is 19.8 Å². The van der Waals surface area contributed by atoms with Crippen LogP contribution in [0.25, 0.3) is 0 Å². The molecule has 4 aliphatic rings. The average molecular weight is 1300 g/mol. The van der Waals surface area contributed by atoms with E-state index < -0.39 is 34.7 Å². The van der Waals surface area contributed by atoms with Crippen molar-refractivity contribution in [1.82, 2.24) is 20.4 Å². The average Bonchev–Trinajstić information content (AvgIpc) is 0.773. The van der Waals surface area contributed by atoms with Crippen LogP contribution in [0.3, 0.4) is 0 Å². The highest BCUT2D eigenvalue weighted by Crippen LogP contribution is 2.47. The number of hydrogen-bond donors (Lipinski definition) is 4. The van der Waals surface area contributed by atoms with Crippen LogP contribution in [-0.2, 0) is 61.8 Å². The molecule has 4 fully saturated rings. The Morgan fingerprint density at radius 3 is 1.15 bits per heavy atom. The maximum Gasteiger partial charge on any atom is 0.324 e. The Morgan fingerprint density at radius 2 is 0.796 bits per heavy atom. The third-order valence-corrected chi connectivity index (χ3v) is 22.0. The highest BCUT2D eigenvalue weighted by atomic mass is 16.6. The monoisotopic (exact) mass is 1300 g/mol. The van der Waals surface area contributed by atoms with Crippen LogP contribution in [0.2, 0.25) is 0 Å². The summed E-state index contributed by atoms with van der Waals surface area (Å²) in [4.78, 5) is 63.7. The van der Waals surface area contributed by atoms with Crippen molar-refractivity contribution >= 4 is 23.9 Å². The Morgan fingerprint density at radius 1 is 0.462 bits per heavy atom. The van der Waals surface area contributed by atoms with E-state index in [0.717, 1.165) is 71.0 Å². The lowest BCUT2D eigenvalue weighted by Crippen LogP contribution is -2.61. The molecule has 2 aromatic rings. The summed E-state index contributed by atoms with van der Waals surface area (Å²) >= 11 is 0. The van der Waals surface area contributed by atoms with Gasteiger partial charge >= 0.3 is 23.9 Å². The first-order valence-electron chi connectivity index (χ1n) is 35.7. The predicted molar refractivity (Wildman–Crippen MR) is 379 cm³/mol. The molecule has 93 heavy (non-hydrogen) atoms. The van der Waals surface area contributed by atoms with Gasteiger partial charge in [-0.25, -0.2) is 0 Å². The van der Waals surface area contributed by atoms with Gasteiger partial charge in [0.2, 0.25) is 0 Å². The van der Waals surface area contributed by atoms with Crippen molar-refractivity contribution < 1.29 is 48.3 Å². The largest absolute Gasteiger partial charge is 0.507 e. The fourth-order valence-corrected chi connectivity index (χ4v) is 16.7. The van der Waals surface area contributed by atoms with Crippen molar-refractivity contribution in [2.75, 3.05) is 14.1 Å². The summed E-state index contributed by atoms with van der Waals surface area (Å²) in [5, 5.41) is 29.5. The van der Waals surface area contributed by atoms with E-state index in [0.29, 0.717) is 57.8 Å². The molecule has 530 valence electrons. The number of rotatable bonds is 20. The second-order valence-electron chi connectivity index (χ2n) is 36.8. The van der Waals surface area contributed by atoms with E-state index >= 15 is 9.59 Å². The zero-order valence-electron chi connectivity index (χ0n) is 64.3. The molecule has 6 rings (SSSR count). The van der Waals surface area contributed by atoms with Gasteiger partial charge < -0.3 is 39.8 Å². The predicted octanol–water partition coefficient (Wildman–Crippen LogP) is 16.6. The van der Waals surface area contributed by atoms with Crippen molar-refractivity contribution in [3.05, 3.63) is 57.1 Å². The summed E-state index contributed by atoms with van der Waals surface area (Å²) in [5.74, 6) is -1.45. The molecule has 4 N–H and O–H groups in total. The number of phenolic OH excluding ortho intramolecular Hbond substituents is 2. The molecule has 14 heteroatoms. The van der Waals surface area contributed by atoms with Crippen molar-refractivity contribution in [3.8, 4) is 11.5 Å². The maximum atomic E-state index is 15.0. The molecule has 4 saturated heterocycles. The minimum atomic E-state index is -1.52. The van der Waals surface area contributed by atoms with Crippen LogP contribution in [0, 0.1) is 31.6 Å². The number of carbonyl (C=O) groups excluding carboxylic acids is 4. The molecular formula is C79H134N4O10. The van der Waals surface area contributed by atoms with Gasteiger partial charge in [-0.1, -0.05) is 112 Å². The van der Waals surface area contributed by atoms with Crippen molar-refractivity contribution in [2.24, 2.45) is 10.8 Å². The van der Waals surface area contributed by atoms with Crippen LogP contribution in [0.5, 0.6) is 11.5 Å². The molecule has 4 aliphatic heterocycles. The number of ether oxygens (including phenoxy) is 4. The minimum Gasteiger partial charge on any atom is -0.507 e. The summed E-state index contributed by atoms with van der Waals surface area (Å²) in [6, 6.07) is 5.84. The van der Waals surface area contributed by atoms with Crippen molar-refractivity contribution in [3.63, 3.8) is 0 Å². The number of esters is 4. The first-order chi connectivity index (χ1) is 42.1. The van der Waals surface area contributed by atoms with Gasteiger partial charge in [0.1, 0.15) is 35.9 Å². The highest BCUT2D eigenvalue weighted by Gasteiger charge is 2.55. The molecule has 14 nitrogen and oxygen atoms in total. The Balaban J connectivity index is 0.000000339. The third-order valence-electron chi connectivity index (χ3n) is 22.0. The van der Waals surface area contributed by atoms with Crippen LogP contribution in [-0.4, -0.2) is 127 Å². The van der Waals surface area contributed by atoms with Crippen LogP contribution in [0.15, 0.2) is 18.2 Å². The van der Waals surface area contributed by atoms with Gasteiger partial charge in [-0.3, -0.25) is 29.0 Å². The summed E-state index contributed by atoms with van der Waals surface area (Å²) in [6.07, 6.45) is 11.2. The molecule has 0 bridgehead atoms. The van der Waals surface area contributed by atoms with Crippen LogP contribution < -0.4 is 10.6 Å². The SMILES string of the molecule is CCC(Cc1cc(C)c(O)c(C(C)(C)C)c1)(C(=O)OC1CC(C)(C)N(C)C(C)(C)C1)C(=O)OC1CC(C)(C)N(C)C(C)(C)C1.CCCCCCCCC(Cc1cc(C(C)(C)C)c(O)c(C)c1C)(C(=O)OC1CC(C)(C)NC(C)(C)C1)C(=O)OC1CC(C)(C)NC(C)(C)C1. The Hall–Kier alpha value is -4.24. The molecule has 0 unspecified atom stereocenters. The number of carbonyl (C=O) groups is 4. The number of phenols is 2. The van der Waals surface area contributed by atoms with Gasteiger partial charge in [-0.15, -0.1) is 0 Å².